The molecule has 1 aliphatic rings. The summed E-state index contributed by atoms with van der Waals surface area (Å²) in [6.07, 6.45) is 1.61. The molecule has 1 aliphatic heterocycles. The van der Waals surface area contributed by atoms with Gasteiger partial charge in [-0.3, -0.25) is 9.59 Å². The van der Waals surface area contributed by atoms with Crippen LogP contribution in [0.15, 0.2) is 30.5 Å². The smallest absolute Gasteiger partial charge is 0.410 e. The monoisotopic (exact) mass is 400 g/mol. The number of nitrogens with zero attached hydrogens (tertiary/aromatic N) is 1. The molecule has 1 saturated heterocycles. The largest absolute Gasteiger partial charge is 0.454 e. The molecule has 2 aromatic rings. The van der Waals surface area contributed by atoms with Gasteiger partial charge < -0.3 is 19.4 Å². The van der Waals surface area contributed by atoms with Gasteiger partial charge in [0.2, 0.25) is 5.78 Å². The molecular weight excluding hydrogens is 372 g/mol. The van der Waals surface area contributed by atoms with Crippen LogP contribution in [0.25, 0.3) is 10.9 Å². The lowest BCUT2D eigenvalue weighted by molar-refractivity contribution is -0.152. The van der Waals surface area contributed by atoms with E-state index in [0.29, 0.717) is 24.9 Å². The second kappa shape index (κ2) is 8.27. The quantitative estimate of drug-likeness (QED) is 0.620. The van der Waals surface area contributed by atoms with Gasteiger partial charge in [-0.05, 0) is 46.6 Å². The Morgan fingerprint density at radius 2 is 1.93 bits per heavy atom. The van der Waals surface area contributed by atoms with Crippen molar-refractivity contribution in [3.8, 4) is 0 Å². The van der Waals surface area contributed by atoms with Gasteiger partial charge in [0.15, 0.2) is 6.10 Å². The number of ketones is 1. The molecule has 1 N–H and O–H groups in total. The van der Waals surface area contributed by atoms with Crippen molar-refractivity contribution in [2.75, 3.05) is 13.1 Å². The maximum atomic E-state index is 12.8. The fourth-order valence-electron chi connectivity index (χ4n) is 3.48. The summed E-state index contributed by atoms with van der Waals surface area (Å²) < 4.78 is 10.9. The molecule has 2 heterocycles. The molecule has 7 heteroatoms. The third-order valence-corrected chi connectivity index (χ3v) is 4.92. The number of carbonyl (C=O) groups excluding carboxylic acids is 3. The summed E-state index contributed by atoms with van der Waals surface area (Å²) in [6, 6.07) is 7.48. The van der Waals surface area contributed by atoms with Crippen molar-refractivity contribution in [1.82, 2.24) is 9.88 Å². The van der Waals surface area contributed by atoms with Crippen LogP contribution in [0.3, 0.4) is 0 Å². The Bertz CT molecular complexity index is 911. The Balaban J connectivity index is 1.61. The van der Waals surface area contributed by atoms with Gasteiger partial charge >= 0.3 is 12.1 Å². The second-order valence-corrected chi connectivity index (χ2v) is 8.46. The summed E-state index contributed by atoms with van der Waals surface area (Å²) in [5.74, 6) is -1.18. The van der Waals surface area contributed by atoms with E-state index in [2.05, 4.69) is 4.98 Å². The summed E-state index contributed by atoms with van der Waals surface area (Å²) in [6.45, 7) is 7.77. The molecule has 29 heavy (non-hydrogen) atoms. The van der Waals surface area contributed by atoms with E-state index >= 15 is 0 Å². The number of nitrogens with one attached hydrogen (secondary N) is 1. The van der Waals surface area contributed by atoms with Gasteiger partial charge in [-0.1, -0.05) is 18.2 Å². The number of H-pyrrole nitrogens is 1. The number of amides is 1. The normalized spacial score (nSPS) is 18.3. The molecule has 3 rings (SSSR count). The first-order chi connectivity index (χ1) is 13.7. The Kier molecular flexibility index (Phi) is 5.96. The number of aromatic nitrogens is 1. The van der Waals surface area contributed by atoms with Crippen LogP contribution in [0.5, 0.6) is 0 Å². The van der Waals surface area contributed by atoms with Crippen LogP contribution in [-0.2, 0) is 14.3 Å². The minimum absolute atomic E-state index is 0.238. The highest BCUT2D eigenvalue weighted by atomic mass is 16.6. The zero-order valence-electron chi connectivity index (χ0n) is 17.4. The van der Waals surface area contributed by atoms with Gasteiger partial charge in [-0.15, -0.1) is 0 Å². The molecule has 1 aromatic heterocycles. The van der Waals surface area contributed by atoms with Gasteiger partial charge in [-0.25, -0.2) is 4.79 Å². The van der Waals surface area contributed by atoms with Gasteiger partial charge in [-0.2, -0.15) is 0 Å². The highest BCUT2D eigenvalue weighted by molar-refractivity contribution is 6.10. The highest BCUT2D eigenvalue weighted by Crippen LogP contribution is 2.23. The first-order valence-electron chi connectivity index (χ1n) is 9.94. The predicted molar refractivity (Wildman–Crippen MR) is 109 cm³/mol. The molecule has 0 unspecified atom stereocenters. The highest BCUT2D eigenvalue weighted by Gasteiger charge is 2.33. The van der Waals surface area contributed by atoms with Crippen molar-refractivity contribution in [2.24, 2.45) is 5.92 Å². The number of ether oxygens (including phenoxy) is 2. The number of benzene rings is 1. The summed E-state index contributed by atoms with van der Waals surface area (Å²) in [7, 11) is 0. The average molecular weight is 400 g/mol. The summed E-state index contributed by atoms with van der Waals surface area (Å²) >= 11 is 0. The van der Waals surface area contributed by atoms with Crippen molar-refractivity contribution in [2.45, 2.75) is 52.2 Å². The minimum atomic E-state index is -0.904. The summed E-state index contributed by atoms with van der Waals surface area (Å²) in [4.78, 5) is 42.3. The van der Waals surface area contributed by atoms with Crippen LogP contribution >= 0.6 is 0 Å². The summed E-state index contributed by atoms with van der Waals surface area (Å²) in [5, 5.41) is 0.800. The molecule has 0 saturated carbocycles. The number of likely N-dealkylation sites (tertiary alicyclic amines) is 1. The second-order valence-electron chi connectivity index (χ2n) is 8.46. The Morgan fingerprint density at radius 1 is 1.21 bits per heavy atom. The number of rotatable bonds is 4. The van der Waals surface area contributed by atoms with Gasteiger partial charge in [0.05, 0.1) is 5.92 Å². The van der Waals surface area contributed by atoms with Crippen LogP contribution in [0.4, 0.5) is 4.79 Å². The van der Waals surface area contributed by atoms with Crippen molar-refractivity contribution < 1.29 is 23.9 Å². The Hall–Kier alpha value is -2.83. The molecule has 1 aromatic carbocycles. The van der Waals surface area contributed by atoms with E-state index in [9.17, 15) is 14.4 Å². The van der Waals surface area contributed by atoms with Crippen molar-refractivity contribution in [3.63, 3.8) is 0 Å². The molecular formula is C22H28N2O5. The number of piperidine rings is 1. The molecule has 2 atom stereocenters. The number of esters is 1. The number of para-hydroxylation sites is 1. The summed E-state index contributed by atoms with van der Waals surface area (Å²) in [5.41, 5.74) is 0.764. The minimum Gasteiger partial charge on any atom is -0.454 e. The van der Waals surface area contributed by atoms with E-state index in [0.717, 1.165) is 10.9 Å². The molecule has 156 valence electrons. The van der Waals surface area contributed by atoms with Gasteiger partial charge in [0.25, 0.3) is 0 Å². The molecule has 0 spiro atoms. The maximum absolute atomic E-state index is 12.8. The van der Waals surface area contributed by atoms with Crippen LogP contribution < -0.4 is 0 Å². The Labute approximate surface area is 170 Å². The van der Waals surface area contributed by atoms with Crippen LogP contribution in [0.1, 0.15) is 50.9 Å². The van der Waals surface area contributed by atoms with Crippen molar-refractivity contribution in [1.29, 1.82) is 0 Å². The van der Waals surface area contributed by atoms with Crippen LogP contribution in [-0.4, -0.2) is 52.5 Å². The zero-order chi connectivity index (χ0) is 21.2. The predicted octanol–water partition coefficient (Wildman–Crippen LogP) is 3.93. The molecule has 1 amide bonds. The number of Topliss-reactive ketones (excluding diaryl/α,β-unsaturated/α-hetero) is 1. The third-order valence-electron chi connectivity index (χ3n) is 4.92. The Morgan fingerprint density at radius 3 is 2.66 bits per heavy atom. The maximum Gasteiger partial charge on any atom is 0.410 e. The van der Waals surface area contributed by atoms with E-state index < -0.39 is 29.7 Å². The van der Waals surface area contributed by atoms with E-state index in [1.807, 2.05) is 24.3 Å². The molecule has 0 bridgehead atoms. The van der Waals surface area contributed by atoms with E-state index in [4.69, 9.17) is 9.47 Å². The van der Waals surface area contributed by atoms with E-state index in [-0.39, 0.29) is 12.3 Å². The first-order valence-corrected chi connectivity index (χ1v) is 9.94. The molecule has 0 radical (unpaired) electrons. The molecule has 0 aliphatic carbocycles. The number of fused-ring (bicyclic) bond motifs is 1. The van der Waals surface area contributed by atoms with E-state index in [1.165, 1.54) is 4.90 Å². The molecule has 1 fully saturated rings. The lowest BCUT2D eigenvalue weighted by Gasteiger charge is -2.33. The van der Waals surface area contributed by atoms with Crippen molar-refractivity contribution in [3.05, 3.63) is 36.0 Å². The SMILES string of the molecule is C[C@@H](OC(=O)[C@H]1CCCN(C(=O)OC(C)(C)C)C1)C(=O)c1c[nH]c2ccccc12. The third kappa shape index (κ3) is 4.96. The van der Waals surface area contributed by atoms with Crippen LogP contribution in [0, 0.1) is 5.92 Å². The van der Waals surface area contributed by atoms with Gasteiger partial charge in [0.1, 0.15) is 5.60 Å². The van der Waals surface area contributed by atoms with Crippen molar-refractivity contribution >= 4 is 28.7 Å². The number of carbonyl (C=O) groups is 3. The topological polar surface area (TPSA) is 88.7 Å². The lowest BCUT2D eigenvalue weighted by atomic mass is 9.98. The zero-order valence-corrected chi connectivity index (χ0v) is 17.4. The number of hydrogen-bond acceptors (Lipinski definition) is 5. The lowest BCUT2D eigenvalue weighted by Crippen LogP contribution is -2.45. The number of aromatic amines is 1. The first kappa shape index (κ1) is 20.9. The van der Waals surface area contributed by atoms with E-state index in [1.54, 1.807) is 33.9 Å². The fourth-order valence-corrected chi connectivity index (χ4v) is 3.48. The molecule has 7 nitrogen and oxygen atoms in total. The fraction of sp³-hybridized carbons (Fsp3) is 0.500. The van der Waals surface area contributed by atoms with Gasteiger partial charge in [0, 0.05) is 35.8 Å². The standard InChI is InChI=1S/C22H28N2O5/c1-14(19(25)17-12-23-18-10-6-5-9-16(17)18)28-20(26)15-8-7-11-24(13-15)21(27)29-22(2,3)4/h5-6,9-10,12,14-15,23H,7-8,11,13H2,1-4H3/t14-,15+/m1/s1. The average Bonchev–Trinajstić information content (AvgIpc) is 3.10. The van der Waals surface area contributed by atoms with Crippen LogP contribution in [0.2, 0.25) is 0 Å². The number of hydrogen-bond donors (Lipinski definition) is 1.